The summed E-state index contributed by atoms with van der Waals surface area (Å²) in [4.78, 5) is 2.59. The van der Waals surface area contributed by atoms with Crippen LogP contribution in [0.2, 0.25) is 0 Å². The molecule has 78 valence electrons. The summed E-state index contributed by atoms with van der Waals surface area (Å²) in [6, 6.07) is 4.29. The highest BCUT2D eigenvalue weighted by Crippen LogP contribution is 2.36. The molecule has 0 radical (unpaired) electrons. The normalized spacial score (nSPS) is 30.9. The summed E-state index contributed by atoms with van der Waals surface area (Å²) >= 11 is 1.80. The van der Waals surface area contributed by atoms with Crippen molar-refractivity contribution >= 4 is 11.3 Å². The first kappa shape index (κ1) is 10.1. The summed E-state index contributed by atoms with van der Waals surface area (Å²) in [7, 11) is 0. The second-order valence-electron chi connectivity index (χ2n) is 4.66. The zero-order valence-corrected chi connectivity index (χ0v) is 9.99. The van der Waals surface area contributed by atoms with E-state index in [-0.39, 0.29) is 11.3 Å². The standard InChI is InChI=1S/C11H17NOS/c1-8-5-6-9(14-8)11(4)12-7-10(2,3)13-11/h5-6,12H,7H2,1-4H3. The van der Waals surface area contributed by atoms with Crippen LogP contribution in [0.1, 0.15) is 30.5 Å². The Kier molecular flexibility index (Phi) is 2.21. The zero-order chi connectivity index (χ0) is 10.4. The molecule has 2 heterocycles. The molecule has 2 nitrogen and oxygen atoms in total. The van der Waals surface area contributed by atoms with Gasteiger partial charge in [-0.15, -0.1) is 11.3 Å². The van der Waals surface area contributed by atoms with Crippen molar-refractivity contribution in [2.45, 2.75) is 39.0 Å². The van der Waals surface area contributed by atoms with Crippen LogP contribution in [0.15, 0.2) is 12.1 Å². The van der Waals surface area contributed by atoms with E-state index in [1.54, 1.807) is 11.3 Å². The van der Waals surface area contributed by atoms with Gasteiger partial charge in [-0.05, 0) is 39.8 Å². The van der Waals surface area contributed by atoms with Crippen LogP contribution < -0.4 is 5.32 Å². The molecule has 1 fully saturated rings. The Morgan fingerprint density at radius 1 is 1.36 bits per heavy atom. The van der Waals surface area contributed by atoms with Gasteiger partial charge in [0.05, 0.1) is 10.5 Å². The fraction of sp³-hybridized carbons (Fsp3) is 0.636. The topological polar surface area (TPSA) is 21.3 Å². The summed E-state index contributed by atoms with van der Waals surface area (Å²) in [6.07, 6.45) is 0. The lowest BCUT2D eigenvalue weighted by atomic mass is 10.1. The predicted octanol–water partition coefficient (Wildman–Crippen LogP) is 2.63. The molecule has 3 heteroatoms. The van der Waals surface area contributed by atoms with E-state index in [1.165, 1.54) is 9.75 Å². The molecule has 2 rings (SSSR count). The van der Waals surface area contributed by atoms with Crippen molar-refractivity contribution in [3.05, 3.63) is 21.9 Å². The smallest absolute Gasteiger partial charge is 0.152 e. The lowest BCUT2D eigenvalue weighted by Crippen LogP contribution is -2.33. The Morgan fingerprint density at radius 3 is 2.50 bits per heavy atom. The summed E-state index contributed by atoms with van der Waals surface area (Å²) in [6.45, 7) is 9.36. The minimum atomic E-state index is -0.289. The van der Waals surface area contributed by atoms with Crippen molar-refractivity contribution in [3.63, 3.8) is 0 Å². The number of hydrogen-bond acceptors (Lipinski definition) is 3. The van der Waals surface area contributed by atoms with Gasteiger partial charge in [-0.3, -0.25) is 5.32 Å². The molecule has 0 bridgehead atoms. The van der Waals surface area contributed by atoms with E-state index in [1.807, 2.05) is 0 Å². The Balaban J connectivity index is 2.27. The van der Waals surface area contributed by atoms with Crippen molar-refractivity contribution < 1.29 is 4.74 Å². The third-order valence-electron chi connectivity index (χ3n) is 2.54. The molecule has 14 heavy (non-hydrogen) atoms. The van der Waals surface area contributed by atoms with E-state index in [4.69, 9.17) is 4.74 Å². The Morgan fingerprint density at radius 2 is 2.07 bits per heavy atom. The third-order valence-corrected chi connectivity index (χ3v) is 3.75. The Labute approximate surface area is 89.3 Å². The molecule has 1 saturated heterocycles. The van der Waals surface area contributed by atoms with Gasteiger partial charge in [0.2, 0.25) is 0 Å². The van der Waals surface area contributed by atoms with E-state index in [2.05, 4.69) is 45.1 Å². The molecule has 1 aromatic rings. The molecule has 0 aromatic carbocycles. The molecule has 0 amide bonds. The maximum Gasteiger partial charge on any atom is 0.152 e. The summed E-state index contributed by atoms with van der Waals surface area (Å²) < 4.78 is 6.03. The second-order valence-corrected chi connectivity index (χ2v) is 5.95. The first-order chi connectivity index (χ1) is 6.41. The van der Waals surface area contributed by atoms with Crippen LogP contribution in [0, 0.1) is 6.92 Å². The van der Waals surface area contributed by atoms with E-state index >= 15 is 0 Å². The van der Waals surface area contributed by atoms with Gasteiger partial charge in [0.15, 0.2) is 5.72 Å². The highest BCUT2D eigenvalue weighted by Gasteiger charge is 2.42. The van der Waals surface area contributed by atoms with Gasteiger partial charge in [0.25, 0.3) is 0 Å². The Hall–Kier alpha value is -0.380. The summed E-state index contributed by atoms with van der Waals surface area (Å²) in [5.74, 6) is 0. The molecule has 1 unspecified atom stereocenters. The van der Waals surface area contributed by atoms with E-state index in [0.29, 0.717) is 0 Å². The van der Waals surface area contributed by atoms with E-state index < -0.39 is 0 Å². The maximum absolute atomic E-state index is 6.03. The minimum absolute atomic E-state index is 0.0629. The molecule has 1 aliphatic heterocycles. The van der Waals surface area contributed by atoms with Gasteiger partial charge in [0, 0.05) is 11.4 Å². The molecular weight excluding hydrogens is 194 g/mol. The SMILES string of the molecule is Cc1ccc(C2(C)NCC(C)(C)O2)s1. The van der Waals surface area contributed by atoms with Crippen molar-refractivity contribution in [3.8, 4) is 0 Å². The van der Waals surface area contributed by atoms with Crippen molar-refractivity contribution in [2.75, 3.05) is 6.54 Å². The largest absolute Gasteiger partial charge is 0.349 e. The quantitative estimate of drug-likeness (QED) is 0.771. The van der Waals surface area contributed by atoms with Crippen molar-refractivity contribution in [1.29, 1.82) is 0 Å². The molecule has 1 N–H and O–H groups in total. The summed E-state index contributed by atoms with van der Waals surface area (Å²) in [5, 5.41) is 3.44. The van der Waals surface area contributed by atoms with Gasteiger partial charge in [-0.1, -0.05) is 0 Å². The number of aryl methyl sites for hydroxylation is 1. The molecule has 1 aromatic heterocycles. The predicted molar refractivity (Wildman–Crippen MR) is 59.6 cm³/mol. The van der Waals surface area contributed by atoms with Crippen LogP contribution in [0.4, 0.5) is 0 Å². The van der Waals surface area contributed by atoms with Gasteiger partial charge < -0.3 is 4.74 Å². The van der Waals surface area contributed by atoms with Crippen LogP contribution in [0.5, 0.6) is 0 Å². The van der Waals surface area contributed by atoms with Crippen LogP contribution in [0.3, 0.4) is 0 Å². The van der Waals surface area contributed by atoms with E-state index in [9.17, 15) is 0 Å². The zero-order valence-electron chi connectivity index (χ0n) is 9.18. The molecule has 0 aliphatic carbocycles. The number of thiophene rings is 1. The number of nitrogens with one attached hydrogen (secondary N) is 1. The van der Waals surface area contributed by atoms with E-state index in [0.717, 1.165) is 6.54 Å². The summed E-state index contributed by atoms with van der Waals surface area (Å²) in [5.41, 5.74) is -0.352. The average molecular weight is 211 g/mol. The van der Waals surface area contributed by atoms with Gasteiger partial charge >= 0.3 is 0 Å². The fourth-order valence-electron chi connectivity index (χ4n) is 1.83. The van der Waals surface area contributed by atoms with Crippen molar-refractivity contribution in [1.82, 2.24) is 5.32 Å². The first-order valence-electron chi connectivity index (χ1n) is 4.93. The maximum atomic E-state index is 6.03. The van der Waals surface area contributed by atoms with Crippen LogP contribution >= 0.6 is 11.3 Å². The van der Waals surface area contributed by atoms with Crippen molar-refractivity contribution in [2.24, 2.45) is 0 Å². The van der Waals surface area contributed by atoms with Gasteiger partial charge in [-0.2, -0.15) is 0 Å². The lowest BCUT2D eigenvalue weighted by Gasteiger charge is -2.25. The molecular formula is C11H17NOS. The number of hydrogen-bond donors (Lipinski definition) is 1. The lowest BCUT2D eigenvalue weighted by molar-refractivity contribution is -0.0817. The Bertz CT molecular complexity index is 345. The molecule has 0 spiro atoms. The third kappa shape index (κ3) is 1.72. The second kappa shape index (κ2) is 3.05. The molecule has 1 aliphatic rings. The van der Waals surface area contributed by atoms with Gasteiger partial charge in [0.1, 0.15) is 0 Å². The van der Waals surface area contributed by atoms with Crippen LogP contribution in [-0.4, -0.2) is 12.1 Å². The van der Waals surface area contributed by atoms with Gasteiger partial charge in [-0.25, -0.2) is 0 Å². The monoisotopic (exact) mass is 211 g/mol. The highest BCUT2D eigenvalue weighted by molar-refractivity contribution is 7.12. The molecule has 0 saturated carbocycles. The highest BCUT2D eigenvalue weighted by atomic mass is 32.1. The first-order valence-corrected chi connectivity index (χ1v) is 5.75. The number of ether oxygens (including phenoxy) is 1. The number of rotatable bonds is 1. The fourth-order valence-corrected chi connectivity index (χ4v) is 2.76. The van der Waals surface area contributed by atoms with Crippen LogP contribution in [0.25, 0.3) is 0 Å². The van der Waals surface area contributed by atoms with Crippen LogP contribution in [-0.2, 0) is 10.5 Å². The minimum Gasteiger partial charge on any atom is -0.349 e. The average Bonchev–Trinajstić information content (AvgIpc) is 2.57. The molecule has 1 atom stereocenters.